The van der Waals surface area contributed by atoms with Crippen LogP contribution < -0.4 is 0 Å². The molecule has 1 saturated heterocycles. The van der Waals surface area contributed by atoms with Gasteiger partial charge >= 0.3 is 0 Å². The Labute approximate surface area is 159 Å². The average Bonchev–Trinajstić information content (AvgIpc) is 2.91. The zero-order valence-corrected chi connectivity index (χ0v) is 16.2. The van der Waals surface area contributed by atoms with Crippen molar-refractivity contribution in [3.05, 3.63) is 58.7 Å². The van der Waals surface area contributed by atoms with E-state index in [0.29, 0.717) is 32.7 Å². The molecule has 1 aromatic heterocycles. The van der Waals surface area contributed by atoms with E-state index in [2.05, 4.69) is 4.90 Å². The Balaban J connectivity index is 1.51. The minimum absolute atomic E-state index is 0.0436. The Hall–Kier alpha value is -2.47. The molecular weight excluding hydrogens is 345 g/mol. The van der Waals surface area contributed by atoms with Gasteiger partial charge in [-0.05, 0) is 37.6 Å². The molecule has 0 spiro atoms. The lowest BCUT2D eigenvalue weighted by Crippen LogP contribution is -2.50. The molecule has 1 amide bonds. The van der Waals surface area contributed by atoms with Crippen LogP contribution in [0.4, 0.5) is 4.39 Å². The maximum atomic E-state index is 13.0. The van der Waals surface area contributed by atoms with Crippen LogP contribution in [0.5, 0.6) is 0 Å². The quantitative estimate of drug-likeness (QED) is 0.758. The molecule has 0 bridgehead atoms. The number of rotatable bonds is 5. The number of carbonyl (C=O) groups is 2. The molecule has 6 heteroatoms. The first-order valence-corrected chi connectivity index (χ1v) is 9.26. The number of aryl methyl sites for hydroxylation is 1. The van der Waals surface area contributed by atoms with Crippen molar-refractivity contribution in [3.8, 4) is 0 Å². The van der Waals surface area contributed by atoms with E-state index in [0.717, 1.165) is 22.5 Å². The van der Waals surface area contributed by atoms with E-state index in [-0.39, 0.29) is 23.9 Å². The molecule has 0 unspecified atom stereocenters. The lowest BCUT2D eigenvalue weighted by atomic mass is 10.1. The van der Waals surface area contributed by atoms with Crippen LogP contribution in [0.2, 0.25) is 0 Å². The number of aromatic nitrogens is 1. The zero-order chi connectivity index (χ0) is 19.6. The van der Waals surface area contributed by atoms with Gasteiger partial charge in [0.15, 0.2) is 5.78 Å². The van der Waals surface area contributed by atoms with E-state index in [4.69, 9.17) is 0 Å². The van der Waals surface area contributed by atoms with Gasteiger partial charge in [-0.3, -0.25) is 14.5 Å². The van der Waals surface area contributed by atoms with Crippen LogP contribution in [0.3, 0.4) is 0 Å². The fourth-order valence-corrected chi connectivity index (χ4v) is 3.47. The topological polar surface area (TPSA) is 45.6 Å². The summed E-state index contributed by atoms with van der Waals surface area (Å²) in [4.78, 5) is 29.0. The van der Waals surface area contributed by atoms with Crippen LogP contribution in [-0.2, 0) is 18.3 Å². The summed E-state index contributed by atoms with van der Waals surface area (Å²) in [5, 5.41) is 0. The number of nitrogens with zero attached hydrogens (tertiary/aromatic N) is 3. The molecule has 0 atom stereocenters. The van der Waals surface area contributed by atoms with Gasteiger partial charge in [0.05, 0.1) is 13.0 Å². The van der Waals surface area contributed by atoms with Gasteiger partial charge in [-0.15, -0.1) is 0 Å². The molecule has 5 nitrogen and oxygen atoms in total. The first-order valence-electron chi connectivity index (χ1n) is 9.26. The van der Waals surface area contributed by atoms with Gasteiger partial charge in [0.25, 0.3) is 0 Å². The molecule has 2 aromatic rings. The highest BCUT2D eigenvalue weighted by Crippen LogP contribution is 2.15. The fourth-order valence-electron chi connectivity index (χ4n) is 3.47. The van der Waals surface area contributed by atoms with E-state index in [1.54, 1.807) is 12.1 Å². The Morgan fingerprint density at radius 2 is 1.67 bits per heavy atom. The fraction of sp³-hybridized carbons (Fsp3) is 0.429. The van der Waals surface area contributed by atoms with Crippen LogP contribution in [0.25, 0.3) is 0 Å². The van der Waals surface area contributed by atoms with Crippen molar-refractivity contribution < 1.29 is 14.0 Å². The number of halogens is 1. The molecule has 2 heterocycles. The van der Waals surface area contributed by atoms with E-state index in [1.165, 1.54) is 12.1 Å². The number of Topliss-reactive ketones (excluding diaryl/α,β-unsaturated/α-hetero) is 1. The summed E-state index contributed by atoms with van der Waals surface area (Å²) in [6.45, 7) is 6.93. The van der Waals surface area contributed by atoms with Crippen molar-refractivity contribution in [1.82, 2.24) is 14.4 Å². The largest absolute Gasteiger partial charge is 0.351 e. The maximum absolute atomic E-state index is 13.0. The summed E-state index contributed by atoms with van der Waals surface area (Å²) in [7, 11) is 1.97. The van der Waals surface area contributed by atoms with Crippen LogP contribution in [0, 0.1) is 19.7 Å². The number of hydrogen-bond donors (Lipinski definition) is 0. The number of ketones is 1. The molecular formula is C21H26FN3O2. The Morgan fingerprint density at radius 3 is 2.22 bits per heavy atom. The summed E-state index contributed by atoms with van der Waals surface area (Å²) in [6.07, 6.45) is 0.279. The van der Waals surface area contributed by atoms with Crippen LogP contribution in [-0.4, -0.2) is 58.8 Å². The smallest absolute Gasteiger partial charge is 0.227 e. The summed E-state index contributed by atoms with van der Waals surface area (Å²) in [5.41, 5.74) is 3.66. The molecule has 0 aliphatic carbocycles. The Kier molecular flexibility index (Phi) is 5.75. The molecule has 1 fully saturated rings. The van der Waals surface area contributed by atoms with Crippen molar-refractivity contribution in [1.29, 1.82) is 0 Å². The molecule has 1 aliphatic rings. The van der Waals surface area contributed by atoms with Crippen molar-refractivity contribution >= 4 is 11.7 Å². The van der Waals surface area contributed by atoms with Crippen LogP contribution in [0.15, 0.2) is 30.3 Å². The highest BCUT2D eigenvalue weighted by molar-refractivity contribution is 5.99. The van der Waals surface area contributed by atoms with Gasteiger partial charge in [0.2, 0.25) is 5.91 Å². The van der Waals surface area contributed by atoms with Gasteiger partial charge in [-0.1, -0.05) is 12.1 Å². The molecule has 27 heavy (non-hydrogen) atoms. The van der Waals surface area contributed by atoms with E-state index in [1.807, 2.05) is 36.4 Å². The standard InChI is InChI=1S/C21H26FN3O2/c1-15-12-19(16(2)23(15)3)20(26)14-24-8-10-25(11-9-24)21(27)13-17-4-6-18(22)7-5-17/h4-7,12H,8-11,13-14H2,1-3H3. The van der Waals surface area contributed by atoms with E-state index >= 15 is 0 Å². The molecule has 0 saturated carbocycles. The minimum Gasteiger partial charge on any atom is -0.351 e. The molecule has 3 rings (SSSR count). The predicted octanol–water partition coefficient (Wildman–Crippen LogP) is 2.35. The SMILES string of the molecule is Cc1cc(C(=O)CN2CCN(C(=O)Cc3ccc(F)cc3)CC2)c(C)n1C. The first kappa shape index (κ1) is 19.3. The maximum Gasteiger partial charge on any atom is 0.227 e. The van der Waals surface area contributed by atoms with Crippen molar-refractivity contribution in [3.63, 3.8) is 0 Å². The van der Waals surface area contributed by atoms with Gasteiger partial charge in [-0.2, -0.15) is 0 Å². The van der Waals surface area contributed by atoms with E-state index in [9.17, 15) is 14.0 Å². The highest BCUT2D eigenvalue weighted by Gasteiger charge is 2.24. The summed E-state index contributed by atoms with van der Waals surface area (Å²) in [6, 6.07) is 7.98. The van der Waals surface area contributed by atoms with Gasteiger partial charge in [0, 0.05) is 50.2 Å². The van der Waals surface area contributed by atoms with Crippen molar-refractivity contribution in [2.75, 3.05) is 32.7 Å². The first-order chi connectivity index (χ1) is 12.8. The lowest BCUT2D eigenvalue weighted by Gasteiger charge is -2.34. The van der Waals surface area contributed by atoms with Gasteiger partial charge in [0.1, 0.15) is 5.82 Å². The summed E-state index contributed by atoms with van der Waals surface area (Å²) in [5.74, 6) is -0.127. The summed E-state index contributed by atoms with van der Waals surface area (Å²) >= 11 is 0. The van der Waals surface area contributed by atoms with E-state index < -0.39 is 0 Å². The number of carbonyl (C=O) groups excluding carboxylic acids is 2. The molecule has 1 aliphatic heterocycles. The number of hydrogen-bond acceptors (Lipinski definition) is 3. The molecule has 0 radical (unpaired) electrons. The van der Waals surface area contributed by atoms with Crippen molar-refractivity contribution in [2.24, 2.45) is 7.05 Å². The van der Waals surface area contributed by atoms with Gasteiger partial charge in [-0.25, -0.2) is 4.39 Å². The number of amides is 1. The van der Waals surface area contributed by atoms with Gasteiger partial charge < -0.3 is 9.47 Å². The third-order valence-electron chi connectivity index (χ3n) is 5.44. The third-order valence-corrected chi connectivity index (χ3v) is 5.44. The molecule has 0 N–H and O–H groups in total. The lowest BCUT2D eigenvalue weighted by molar-refractivity contribution is -0.132. The molecule has 144 valence electrons. The van der Waals surface area contributed by atoms with Crippen molar-refractivity contribution in [2.45, 2.75) is 20.3 Å². The predicted molar refractivity (Wildman–Crippen MR) is 102 cm³/mol. The molecule has 1 aromatic carbocycles. The third kappa shape index (κ3) is 4.45. The monoisotopic (exact) mass is 371 g/mol. The average molecular weight is 371 g/mol. The number of benzene rings is 1. The summed E-state index contributed by atoms with van der Waals surface area (Å²) < 4.78 is 15.0. The minimum atomic E-state index is -0.298. The Morgan fingerprint density at radius 1 is 1.04 bits per heavy atom. The highest BCUT2D eigenvalue weighted by atomic mass is 19.1. The zero-order valence-electron chi connectivity index (χ0n) is 16.2. The Bertz CT molecular complexity index is 834. The normalized spacial score (nSPS) is 15.2. The number of piperazine rings is 1. The second-order valence-corrected chi connectivity index (χ2v) is 7.23. The van der Waals surface area contributed by atoms with Crippen LogP contribution in [0.1, 0.15) is 27.3 Å². The van der Waals surface area contributed by atoms with Crippen LogP contribution >= 0.6 is 0 Å². The second-order valence-electron chi connectivity index (χ2n) is 7.23. The second kappa shape index (κ2) is 8.05.